The number of nitrogens with one attached hydrogen (secondary N) is 1. The first kappa shape index (κ1) is 15.1. The van der Waals surface area contributed by atoms with Gasteiger partial charge in [-0.3, -0.25) is 4.79 Å². The second kappa shape index (κ2) is 7.45. The average molecular weight is 310 g/mol. The lowest BCUT2D eigenvalue weighted by Crippen LogP contribution is -2.25. The molecule has 0 atom stereocenters. The Morgan fingerprint density at radius 1 is 1.09 bits per heavy atom. The molecular formula is C18H18N2O3. The van der Waals surface area contributed by atoms with Gasteiger partial charge in [-0.25, -0.2) is 0 Å². The smallest absolute Gasteiger partial charge is 0.220 e. The second-order valence-electron chi connectivity index (χ2n) is 5.23. The van der Waals surface area contributed by atoms with Crippen molar-refractivity contribution in [2.75, 3.05) is 6.54 Å². The van der Waals surface area contributed by atoms with Crippen LogP contribution < -0.4 is 5.32 Å². The first-order valence-electron chi connectivity index (χ1n) is 7.61. The molecule has 0 spiro atoms. The summed E-state index contributed by atoms with van der Waals surface area (Å²) in [4.78, 5) is 11.8. The van der Waals surface area contributed by atoms with E-state index >= 15 is 0 Å². The molecule has 3 aromatic rings. The molecule has 23 heavy (non-hydrogen) atoms. The Bertz CT molecular complexity index is 733. The Hall–Kier alpha value is -2.82. The molecule has 0 saturated heterocycles. The highest BCUT2D eigenvalue weighted by molar-refractivity contribution is 5.76. The van der Waals surface area contributed by atoms with E-state index in [1.54, 1.807) is 6.26 Å². The molecule has 0 aliphatic carbocycles. The first-order valence-corrected chi connectivity index (χ1v) is 7.61. The highest BCUT2D eigenvalue weighted by Gasteiger charge is 2.07. The standard InChI is InChI=1S/C18H18N2O3/c21-18(9-8-16-7-4-12-22-16)19-11-10-15-13-17(23-20-15)14-5-2-1-3-6-14/h1-7,12-13H,8-11H2,(H,19,21). The van der Waals surface area contributed by atoms with E-state index in [0.717, 1.165) is 22.8 Å². The Kier molecular flexibility index (Phi) is 4.88. The highest BCUT2D eigenvalue weighted by Crippen LogP contribution is 2.19. The first-order chi connectivity index (χ1) is 11.3. The summed E-state index contributed by atoms with van der Waals surface area (Å²) >= 11 is 0. The quantitative estimate of drug-likeness (QED) is 0.727. The minimum atomic E-state index is 0.00757. The summed E-state index contributed by atoms with van der Waals surface area (Å²) in [6.45, 7) is 0.539. The summed E-state index contributed by atoms with van der Waals surface area (Å²) in [6, 6.07) is 15.4. The number of carbonyl (C=O) groups excluding carboxylic acids is 1. The molecule has 2 aromatic heterocycles. The van der Waals surface area contributed by atoms with E-state index in [-0.39, 0.29) is 5.91 Å². The maximum absolute atomic E-state index is 11.8. The zero-order valence-electron chi connectivity index (χ0n) is 12.7. The van der Waals surface area contributed by atoms with Gasteiger partial charge in [-0.2, -0.15) is 0 Å². The fourth-order valence-electron chi connectivity index (χ4n) is 2.28. The van der Waals surface area contributed by atoms with Crippen LogP contribution in [0.4, 0.5) is 0 Å². The molecule has 0 unspecified atom stereocenters. The maximum Gasteiger partial charge on any atom is 0.220 e. The fourth-order valence-corrected chi connectivity index (χ4v) is 2.28. The molecule has 3 rings (SSSR count). The zero-order valence-corrected chi connectivity index (χ0v) is 12.7. The van der Waals surface area contributed by atoms with Crippen molar-refractivity contribution >= 4 is 5.91 Å². The number of hydrogen-bond donors (Lipinski definition) is 1. The topological polar surface area (TPSA) is 68.3 Å². The van der Waals surface area contributed by atoms with Gasteiger partial charge in [0.05, 0.1) is 12.0 Å². The van der Waals surface area contributed by atoms with Crippen LogP contribution in [0.25, 0.3) is 11.3 Å². The number of nitrogens with zero attached hydrogens (tertiary/aromatic N) is 1. The normalized spacial score (nSPS) is 10.6. The van der Waals surface area contributed by atoms with E-state index < -0.39 is 0 Å². The van der Waals surface area contributed by atoms with Crippen LogP contribution in [0, 0.1) is 0 Å². The molecule has 1 aromatic carbocycles. The third-order valence-corrected chi connectivity index (χ3v) is 3.50. The molecule has 5 heteroatoms. The van der Waals surface area contributed by atoms with E-state index in [1.807, 2.05) is 48.5 Å². The van der Waals surface area contributed by atoms with E-state index in [1.165, 1.54) is 0 Å². The molecular weight excluding hydrogens is 292 g/mol. The lowest BCUT2D eigenvalue weighted by atomic mass is 10.1. The van der Waals surface area contributed by atoms with Gasteiger partial charge < -0.3 is 14.3 Å². The van der Waals surface area contributed by atoms with Crippen LogP contribution in [-0.4, -0.2) is 17.6 Å². The lowest BCUT2D eigenvalue weighted by molar-refractivity contribution is -0.121. The van der Waals surface area contributed by atoms with Gasteiger partial charge in [-0.1, -0.05) is 35.5 Å². The van der Waals surface area contributed by atoms with Gasteiger partial charge in [0.25, 0.3) is 0 Å². The second-order valence-corrected chi connectivity index (χ2v) is 5.23. The fraction of sp³-hybridized carbons (Fsp3) is 0.222. The molecule has 5 nitrogen and oxygen atoms in total. The molecule has 0 bridgehead atoms. The largest absolute Gasteiger partial charge is 0.469 e. The van der Waals surface area contributed by atoms with Crippen LogP contribution in [0.5, 0.6) is 0 Å². The van der Waals surface area contributed by atoms with Gasteiger partial charge >= 0.3 is 0 Å². The Morgan fingerprint density at radius 2 is 1.96 bits per heavy atom. The third kappa shape index (κ3) is 4.32. The van der Waals surface area contributed by atoms with Gasteiger partial charge in [0, 0.05) is 37.4 Å². The summed E-state index contributed by atoms with van der Waals surface area (Å²) in [5.74, 6) is 1.57. The number of hydrogen-bond acceptors (Lipinski definition) is 4. The van der Waals surface area contributed by atoms with E-state index in [9.17, 15) is 4.79 Å². The van der Waals surface area contributed by atoms with Crippen LogP contribution in [0.3, 0.4) is 0 Å². The number of amides is 1. The van der Waals surface area contributed by atoms with Gasteiger partial charge in [0.2, 0.25) is 5.91 Å². The molecule has 0 aliphatic rings. The van der Waals surface area contributed by atoms with Crippen molar-refractivity contribution in [2.24, 2.45) is 0 Å². The van der Waals surface area contributed by atoms with E-state index in [2.05, 4.69) is 10.5 Å². The van der Waals surface area contributed by atoms with Crippen molar-refractivity contribution in [1.82, 2.24) is 10.5 Å². The van der Waals surface area contributed by atoms with Crippen molar-refractivity contribution < 1.29 is 13.7 Å². The van der Waals surface area contributed by atoms with Gasteiger partial charge in [-0.05, 0) is 12.1 Å². The number of benzene rings is 1. The number of aryl methyl sites for hydroxylation is 1. The average Bonchev–Trinajstić information content (AvgIpc) is 3.26. The Morgan fingerprint density at radius 3 is 2.74 bits per heavy atom. The van der Waals surface area contributed by atoms with Crippen molar-refractivity contribution in [1.29, 1.82) is 0 Å². The van der Waals surface area contributed by atoms with Gasteiger partial charge in [-0.15, -0.1) is 0 Å². The molecule has 1 N–H and O–H groups in total. The van der Waals surface area contributed by atoms with Gasteiger partial charge in [0.1, 0.15) is 5.76 Å². The van der Waals surface area contributed by atoms with Gasteiger partial charge in [0.15, 0.2) is 5.76 Å². The molecule has 0 aliphatic heterocycles. The summed E-state index contributed by atoms with van der Waals surface area (Å²) < 4.78 is 10.5. The molecule has 0 fully saturated rings. The maximum atomic E-state index is 11.8. The molecule has 0 saturated carbocycles. The summed E-state index contributed by atoms with van der Waals surface area (Å²) in [6.07, 6.45) is 3.29. The summed E-state index contributed by atoms with van der Waals surface area (Å²) in [5, 5.41) is 6.92. The molecule has 118 valence electrons. The summed E-state index contributed by atoms with van der Waals surface area (Å²) in [5.41, 5.74) is 1.82. The lowest BCUT2D eigenvalue weighted by Gasteiger charge is -2.02. The number of furan rings is 1. The monoisotopic (exact) mass is 310 g/mol. The van der Waals surface area contributed by atoms with Crippen molar-refractivity contribution in [3.05, 3.63) is 66.2 Å². The van der Waals surface area contributed by atoms with Crippen molar-refractivity contribution in [2.45, 2.75) is 19.3 Å². The van der Waals surface area contributed by atoms with E-state index in [4.69, 9.17) is 8.94 Å². The SMILES string of the molecule is O=C(CCc1ccco1)NCCc1cc(-c2ccccc2)on1. The van der Waals surface area contributed by atoms with Crippen LogP contribution in [0.2, 0.25) is 0 Å². The number of rotatable bonds is 7. The Balaban J connectivity index is 1.42. The third-order valence-electron chi connectivity index (χ3n) is 3.50. The van der Waals surface area contributed by atoms with E-state index in [0.29, 0.717) is 25.8 Å². The van der Waals surface area contributed by atoms with Crippen LogP contribution in [0.1, 0.15) is 17.9 Å². The Labute approximate surface area is 134 Å². The van der Waals surface area contributed by atoms with Crippen LogP contribution >= 0.6 is 0 Å². The molecule has 1 amide bonds. The van der Waals surface area contributed by atoms with Crippen LogP contribution in [-0.2, 0) is 17.6 Å². The summed E-state index contributed by atoms with van der Waals surface area (Å²) in [7, 11) is 0. The van der Waals surface area contributed by atoms with Crippen molar-refractivity contribution in [3.8, 4) is 11.3 Å². The minimum absolute atomic E-state index is 0.00757. The highest BCUT2D eigenvalue weighted by atomic mass is 16.5. The zero-order chi connectivity index (χ0) is 15.9. The predicted molar refractivity (Wildman–Crippen MR) is 85.7 cm³/mol. The molecule has 2 heterocycles. The molecule has 0 radical (unpaired) electrons. The number of aromatic nitrogens is 1. The minimum Gasteiger partial charge on any atom is -0.469 e. The number of carbonyl (C=O) groups is 1. The van der Waals surface area contributed by atoms with Crippen LogP contribution in [0.15, 0.2) is 63.7 Å². The predicted octanol–water partition coefficient (Wildman–Crippen LogP) is 3.23. The van der Waals surface area contributed by atoms with Crippen molar-refractivity contribution in [3.63, 3.8) is 0 Å².